The summed E-state index contributed by atoms with van der Waals surface area (Å²) in [6, 6.07) is 9.47. The van der Waals surface area contributed by atoms with Gasteiger partial charge in [0.1, 0.15) is 0 Å². The highest BCUT2D eigenvalue weighted by atomic mass is 14.4. The lowest BCUT2D eigenvalue weighted by atomic mass is 9.68. The van der Waals surface area contributed by atoms with Gasteiger partial charge in [0.05, 0.1) is 0 Å². The molecule has 0 aliphatic heterocycles. The molecule has 0 saturated heterocycles. The molecule has 1 aliphatic carbocycles. The van der Waals surface area contributed by atoms with Gasteiger partial charge in [0.25, 0.3) is 0 Å². The molecular formula is C19H30. The van der Waals surface area contributed by atoms with Crippen LogP contribution in [0.15, 0.2) is 24.3 Å². The van der Waals surface area contributed by atoms with Gasteiger partial charge < -0.3 is 0 Å². The number of hydrogen-bond acceptors (Lipinski definition) is 0. The van der Waals surface area contributed by atoms with Crippen molar-refractivity contribution in [2.75, 3.05) is 0 Å². The monoisotopic (exact) mass is 258 g/mol. The van der Waals surface area contributed by atoms with Crippen molar-refractivity contribution in [1.29, 1.82) is 0 Å². The molecule has 0 N–H and O–H groups in total. The summed E-state index contributed by atoms with van der Waals surface area (Å²) in [7, 11) is 0. The summed E-state index contributed by atoms with van der Waals surface area (Å²) in [6.45, 7) is 7.07. The zero-order chi connectivity index (χ0) is 13.7. The summed E-state index contributed by atoms with van der Waals surface area (Å²) in [6.07, 6.45) is 10.8. The van der Waals surface area contributed by atoms with Gasteiger partial charge in [-0.2, -0.15) is 0 Å². The maximum atomic E-state index is 2.50. The Morgan fingerprint density at radius 1 is 1.00 bits per heavy atom. The van der Waals surface area contributed by atoms with Crippen LogP contribution >= 0.6 is 0 Å². The van der Waals surface area contributed by atoms with E-state index in [1.165, 1.54) is 56.9 Å². The molecule has 0 heterocycles. The summed E-state index contributed by atoms with van der Waals surface area (Å²) >= 11 is 0. The van der Waals surface area contributed by atoms with Crippen LogP contribution in [0.2, 0.25) is 0 Å². The topological polar surface area (TPSA) is 0 Å². The molecule has 106 valence electrons. The Bertz CT molecular complexity index is 366. The fourth-order valence-electron chi connectivity index (χ4n) is 3.75. The molecule has 0 spiro atoms. The summed E-state index contributed by atoms with van der Waals surface area (Å²) in [5.74, 6) is 0.820. The Balaban J connectivity index is 1.93. The minimum atomic E-state index is 0.632. The lowest BCUT2D eigenvalue weighted by Gasteiger charge is -2.37. The quantitative estimate of drug-likeness (QED) is 0.598. The van der Waals surface area contributed by atoms with E-state index >= 15 is 0 Å². The average Bonchev–Trinajstić information content (AvgIpc) is 2.41. The van der Waals surface area contributed by atoms with Crippen molar-refractivity contribution in [3.8, 4) is 0 Å². The molecule has 0 unspecified atom stereocenters. The van der Waals surface area contributed by atoms with Crippen molar-refractivity contribution in [2.45, 2.75) is 78.1 Å². The molecule has 0 atom stereocenters. The summed E-state index contributed by atoms with van der Waals surface area (Å²) in [5, 5.41) is 0. The fraction of sp³-hybridized carbons (Fsp3) is 0.684. The normalized spacial score (nSPS) is 27.4. The van der Waals surface area contributed by atoms with E-state index in [-0.39, 0.29) is 0 Å². The highest BCUT2D eigenvalue weighted by Crippen LogP contribution is 2.45. The number of aryl methyl sites for hydroxylation is 1. The van der Waals surface area contributed by atoms with Crippen molar-refractivity contribution >= 4 is 0 Å². The van der Waals surface area contributed by atoms with E-state index < -0.39 is 0 Å². The van der Waals surface area contributed by atoms with Gasteiger partial charge in [-0.05, 0) is 61.0 Å². The van der Waals surface area contributed by atoms with E-state index in [9.17, 15) is 0 Å². The van der Waals surface area contributed by atoms with Crippen LogP contribution < -0.4 is 0 Å². The van der Waals surface area contributed by atoms with Gasteiger partial charge in [-0.25, -0.2) is 0 Å². The summed E-state index contributed by atoms with van der Waals surface area (Å²) < 4.78 is 0. The third kappa shape index (κ3) is 3.84. The van der Waals surface area contributed by atoms with Crippen LogP contribution in [0.5, 0.6) is 0 Å². The second-order valence-electron chi connectivity index (χ2n) is 6.83. The first-order chi connectivity index (χ1) is 9.17. The Morgan fingerprint density at radius 3 is 2.16 bits per heavy atom. The van der Waals surface area contributed by atoms with E-state index in [1.807, 2.05) is 0 Å². The van der Waals surface area contributed by atoms with E-state index in [4.69, 9.17) is 0 Å². The second-order valence-corrected chi connectivity index (χ2v) is 6.83. The third-order valence-corrected chi connectivity index (χ3v) is 5.04. The van der Waals surface area contributed by atoms with Crippen molar-refractivity contribution in [2.24, 2.45) is 5.41 Å². The van der Waals surface area contributed by atoms with Crippen molar-refractivity contribution in [1.82, 2.24) is 0 Å². The molecule has 0 aromatic heterocycles. The van der Waals surface area contributed by atoms with Crippen molar-refractivity contribution < 1.29 is 0 Å². The molecular weight excluding hydrogens is 228 g/mol. The second kappa shape index (κ2) is 6.59. The standard InChI is InChI=1S/C19H30/c1-4-6-16-7-9-17(10-8-16)18-11-14-19(3,13-5-2)15-12-18/h7-10,18H,4-6,11-15H2,1-3H3. The minimum absolute atomic E-state index is 0.632. The maximum absolute atomic E-state index is 2.50. The molecule has 1 aliphatic rings. The van der Waals surface area contributed by atoms with E-state index in [0.717, 1.165) is 5.92 Å². The molecule has 0 bridgehead atoms. The smallest absolute Gasteiger partial charge is 0.0162 e. The molecule has 1 aromatic carbocycles. The van der Waals surface area contributed by atoms with Gasteiger partial charge in [0.2, 0.25) is 0 Å². The molecule has 0 amide bonds. The Kier molecular flexibility index (Phi) is 5.07. The first-order valence-corrected chi connectivity index (χ1v) is 8.25. The van der Waals surface area contributed by atoms with Crippen molar-refractivity contribution in [3.05, 3.63) is 35.4 Å². The van der Waals surface area contributed by atoms with E-state index in [0.29, 0.717) is 5.41 Å². The van der Waals surface area contributed by atoms with E-state index in [2.05, 4.69) is 45.0 Å². The Labute approximate surface area is 119 Å². The van der Waals surface area contributed by atoms with Gasteiger partial charge in [0, 0.05) is 0 Å². The zero-order valence-electron chi connectivity index (χ0n) is 13.0. The molecule has 2 rings (SSSR count). The average molecular weight is 258 g/mol. The van der Waals surface area contributed by atoms with Crippen LogP contribution in [0.1, 0.15) is 82.8 Å². The third-order valence-electron chi connectivity index (χ3n) is 5.04. The molecule has 0 heteroatoms. The molecule has 1 fully saturated rings. The molecule has 0 radical (unpaired) electrons. The van der Waals surface area contributed by atoms with Crippen LogP contribution in [0.4, 0.5) is 0 Å². The molecule has 0 nitrogen and oxygen atoms in total. The Hall–Kier alpha value is -0.780. The molecule has 19 heavy (non-hydrogen) atoms. The number of hydrogen-bond donors (Lipinski definition) is 0. The molecule has 1 aromatic rings. The van der Waals surface area contributed by atoms with Gasteiger partial charge in [-0.3, -0.25) is 0 Å². The predicted molar refractivity (Wildman–Crippen MR) is 84.7 cm³/mol. The summed E-state index contributed by atoms with van der Waals surface area (Å²) in [5.41, 5.74) is 3.71. The first kappa shape index (κ1) is 14.6. The predicted octanol–water partition coefficient (Wildman–Crippen LogP) is 6.10. The minimum Gasteiger partial charge on any atom is -0.0654 e. The lowest BCUT2D eigenvalue weighted by molar-refractivity contribution is 0.182. The SMILES string of the molecule is CCCc1ccc(C2CCC(C)(CCC)CC2)cc1. The largest absolute Gasteiger partial charge is 0.0654 e. The van der Waals surface area contributed by atoms with Crippen LogP contribution in [0.3, 0.4) is 0 Å². The first-order valence-electron chi connectivity index (χ1n) is 8.25. The van der Waals surface area contributed by atoms with Crippen LogP contribution in [0.25, 0.3) is 0 Å². The van der Waals surface area contributed by atoms with Gasteiger partial charge in [-0.1, -0.05) is 57.9 Å². The van der Waals surface area contributed by atoms with E-state index in [1.54, 1.807) is 5.56 Å². The van der Waals surface area contributed by atoms with Crippen LogP contribution in [0, 0.1) is 5.41 Å². The molecule has 1 saturated carbocycles. The maximum Gasteiger partial charge on any atom is -0.0162 e. The highest BCUT2D eigenvalue weighted by Gasteiger charge is 2.30. The number of benzene rings is 1. The van der Waals surface area contributed by atoms with Gasteiger partial charge in [0.15, 0.2) is 0 Å². The lowest BCUT2D eigenvalue weighted by Crippen LogP contribution is -2.23. The zero-order valence-corrected chi connectivity index (χ0v) is 13.0. The fourth-order valence-corrected chi connectivity index (χ4v) is 3.75. The van der Waals surface area contributed by atoms with Crippen molar-refractivity contribution in [3.63, 3.8) is 0 Å². The van der Waals surface area contributed by atoms with Crippen LogP contribution in [-0.2, 0) is 6.42 Å². The van der Waals surface area contributed by atoms with Gasteiger partial charge in [-0.15, -0.1) is 0 Å². The summed E-state index contributed by atoms with van der Waals surface area (Å²) in [4.78, 5) is 0. The van der Waals surface area contributed by atoms with Crippen LogP contribution in [-0.4, -0.2) is 0 Å². The van der Waals surface area contributed by atoms with Gasteiger partial charge >= 0.3 is 0 Å². The Morgan fingerprint density at radius 2 is 1.63 bits per heavy atom. The number of rotatable bonds is 5. The highest BCUT2D eigenvalue weighted by molar-refractivity contribution is 5.26.